The average Bonchev–Trinajstić information content (AvgIpc) is 2.89. The van der Waals surface area contributed by atoms with Crippen molar-refractivity contribution in [3.8, 4) is 0 Å². The molecule has 0 bridgehead atoms. The van der Waals surface area contributed by atoms with E-state index >= 15 is 0 Å². The zero-order valence-electron chi connectivity index (χ0n) is 18.0. The van der Waals surface area contributed by atoms with Crippen LogP contribution in [0.2, 0.25) is 0 Å². The Hall–Kier alpha value is -3.40. The Balaban J connectivity index is 1.79. The van der Waals surface area contributed by atoms with Crippen molar-refractivity contribution in [1.29, 1.82) is 0 Å². The molecule has 1 aliphatic heterocycles. The molecule has 1 aliphatic rings. The number of hydrogen-bond acceptors (Lipinski definition) is 1. The third-order valence-corrected chi connectivity index (χ3v) is 12.1. The minimum absolute atomic E-state index is 1.09. The van der Waals surface area contributed by atoms with Crippen molar-refractivity contribution in [2.75, 3.05) is 4.90 Å². The Bertz CT molecular complexity index is 1340. The first kappa shape index (κ1) is 20.2. The largest absolute Gasteiger partial charge is 0.310 e. The highest BCUT2D eigenvalue weighted by Gasteiger charge is 2.48. The van der Waals surface area contributed by atoms with E-state index in [0.717, 1.165) is 10.2 Å². The van der Waals surface area contributed by atoms with Crippen LogP contribution in [0, 0.1) is 0 Å². The monoisotopic (exact) mass is 503 g/mol. The number of anilines is 3. The van der Waals surface area contributed by atoms with Crippen LogP contribution in [0.25, 0.3) is 0 Å². The van der Waals surface area contributed by atoms with Crippen LogP contribution in [0.4, 0.5) is 17.1 Å². The summed E-state index contributed by atoms with van der Waals surface area (Å²) >= 11 is 3.82. The van der Waals surface area contributed by atoms with Crippen LogP contribution >= 0.6 is 15.9 Å². The lowest BCUT2D eigenvalue weighted by atomic mass is 10.2. The van der Waals surface area contributed by atoms with E-state index in [2.05, 4.69) is 154 Å². The third-order valence-electron chi connectivity index (χ3n) is 6.60. The van der Waals surface area contributed by atoms with Gasteiger partial charge in [0.2, 0.25) is 0 Å². The fourth-order valence-electron chi connectivity index (χ4n) is 5.30. The van der Waals surface area contributed by atoms with E-state index in [1.807, 2.05) is 0 Å². The van der Waals surface area contributed by atoms with Gasteiger partial charge in [-0.25, -0.2) is 0 Å². The molecule has 0 unspecified atom stereocenters. The molecule has 6 rings (SSSR count). The number of benzene rings is 5. The molecule has 0 atom stereocenters. The van der Waals surface area contributed by atoms with Crippen LogP contribution in [0.1, 0.15) is 0 Å². The maximum Gasteiger partial charge on any atom is 0.184 e. The predicted octanol–water partition coefficient (Wildman–Crippen LogP) is 5.61. The normalized spacial score (nSPS) is 13.8. The van der Waals surface area contributed by atoms with E-state index in [-0.39, 0.29) is 0 Å². The number of nitrogens with zero attached hydrogens (tertiary/aromatic N) is 1. The van der Waals surface area contributed by atoms with E-state index in [1.165, 1.54) is 32.1 Å². The molecule has 0 amide bonds. The van der Waals surface area contributed by atoms with Crippen molar-refractivity contribution in [1.82, 2.24) is 0 Å². The lowest BCUT2D eigenvalue weighted by molar-refractivity contribution is 1.28. The van der Waals surface area contributed by atoms with Crippen LogP contribution in [0.3, 0.4) is 0 Å². The van der Waals surface area contributed by atoms with Gasteiger partial charge in [0.25, 0.3) is 0 Å². The Morgan fingerprint density at radius 1 is 0.424 bits per heavy atom. The average molecular weight is 505 g/mol. The molecule has 5 aromatic carbocycles. The zero-order valence-corrected chi connectivity index (χ0v) is 20.6. The van der Waals surface area contributed by atoms with Crippen molar-refractivity contribution in [2.24, 2.45) is 0 Å². The predicted molar refractivity (Wildman–Crippen MR) is 146 cm³/mol. The number of fused-ring (bicyclic) bond motifs is 2. The van der Waals surface area contributed by atoms with Crippen LogP contribution < -0.4 is 25.6 Å². The van der Waals surface area contributed by atoms with Crippen LogP contribution in [0.15, 0.2) is 138 Å². The molecule has 33 heavy (non-hydrogen) atoms. The van der Waals surface area contributed by atoms with Crippen LogP contribution in [0.5, 0.6) is 0 Å². The van der Waals surface area contributed by atoms with Gasteiger partial charge in [-0.3, -0.25) is 0 Å². The lowest BCUT2D eigenvalue weighted by Crippen LogP contribution is -2.77. The van der Waals surface area contributed by atoms with Gasteiger partial charge in [-0.2, -0.15) is 0 Å². The molecule has 1 heterocycles. The van der Waals surface area contributed by atoms with Gasteiger partial charge in [-0.15, -0.1) is 0 Å². The molecule has 0 spiro atoms. The van der Waals surface area contributed by atoms with Crippen molar-refractivity contribution >= 4 is 61.8 Å². The van der Waals surface area contributed by atoms with Gasteiger partial charge < -0.3 is 4.90 Å². The zero-order chi connectivity index (χ0) is 22.3. The summed E-state index contributed by atoms with van der Waals surface area (Å²) in [6.45, 7) is 0. The van der Waals surface area contributed by atoms with Gasteiger partial charge in [0.15, 0.2) is 8.07 Å². The van der Waals surface area contributed by atoms with Crippen molar-refractivity contribution in [3.63, 3.8) is 0 Å². The Kier molecular flexibility index (Phi) is 5.01. The molecular formula is C30H22BrNSi. The minimum atomic E-state index is -2.53. The molecule has 5 aromatic rings. The van der Waals surface area contributed by atoms with Gasteiger partial charge in [-0.1, -0.05) is 109 Å². The van der Waals surface area contributed by atoms with E-state index in [1.54, 1.807) is 0 Å². The van der Waals surface area contributed by atoms with Crippen LogP contribution in [-0.4, -0.2) is 8.07 Å². The summed E-state index contributed by atoms with van der Waals surface area (Å²) in [5.74, 6) is 0. The van der Waals surface area contributed by atoms with Crippen molar-refractivity contribution in [2.45, 2.75) is 0 Å². The summed E-state index contributed by atoms with van der Waals surface area (Å²) in [6, 6.07) is 48.7. The summed E-state index contributed by atoms with van der Waals surface area (Å²) < 4.78 is 1.09. The standard InChI is InChI=1S/C30H22BrNSi/c31-25-17-7-8-18-26(25)32-27-19-9-11-21-29(27)33(23-13-3-1-4-14-23,24-15-5-2-6-16-24)30-22-12-10-20-28(30)32/h1-22H. The Labute approximate surface area is 204 Å². The van der Waals surface area contributed by atoms with Gasteiger partial charge in [-0.05, 0) is 60.9 Å². The fraction of sp³-hybridized carbons (Fsp3) is 0. The summed E-state index contributed by atoms with van der Waals surface area (Å²) in [4.78, 5) is 2.42. The minimum Gasteiger partial charge on any atom is -0.310 e. The molecule has 0 aliphatic carbocycles. The lowest BCUT2D eigenvalue weighted by Gasteiger charge is -2.45. The fourth-order valence-corrected chi connectivity index (χ4v) is 10.9. The van der Waals surface area contributed by atoms with Crippen LogP contribution in [-0.2, 0) is 0 Å². The first-order valence-electron chi connectivity index (χ1n) is 11.2. The quantitative estimate of drug-likeness (QED) is 0.283. The van der Waals surface area contributed by atoms with Gasteiger partial charge >= 0.3 is 0 Å². The van der Waals surface area contributed by atoms with E-state index in [0.29, 0.717) is 0 Å². The molecule has 0 fully saturated rings. The van der Waals surface area contributed by atoms with Crippen molar-refractivity contribution in [3.05, 3.63) is 138 Å². The highest BCUT2D eigenvalue weighted by atomic mass is 79.9. The first-order valence-corrected chi connectivity index (χ1v) is 14.0. The second-order valence-corrected chi connectivity index (χ2v) is 12.9. The second-order valence-electron chi connectivity index (χ2n) is 8.30. The summed E-state index contributed by atoms with van der Waals surface area (Å²) in [6.07, 6.45) is 0. The van der Waals surface area contributed by atoms with Gasteiger partial charge in [0.1, 0.15) is 0 Å². The van der Waals surface area contributed by atoms with E-state index in [4.69, 9.17) is 0 Å². The van der Waals surface area contributed by atoms with E-state index < -0.39 is 8.07 Å². The molecule has 0 radical (unpaired) electrons. The van der Waals surface area contributed by atoms with Gasteiger partial charge in [0, 0.05) is 15.8 Å². The molecular weight excluding hydrogens is 482 g/mol. The number of para-hydroxylation sites is 3. The topological polar surface area (TPSA) is 3.24 Å². The Morgan fingerprint density at radius 3 is 1.30 bits per heavy atom. The molecule has 0 N–H and O–H groups in total. The number of rotatable bonds is 3. The second kappa shape index (κ2) is 8.18. The molecule has 3 heteroatoms. The third kappa shape index (κ3) is 3.04. The summed E-state index contributed by atoms with van der Waals surface area (Å²) in [5.41, 5.74) is 3.66. The molecule has 0 aromatic heterocycles. The molecule has 158 valence electrons. The van der Waals surface area contributed by atoms with Crippen molar-refractivity contribution < 1.29 is 0 Å². The summed E-state index contributed by atoms with van der Waals surface area (Å²) in [7, 11) is -2.53. The number of hydrogen-bond donors (Lipinski definition) is 0. The Morgan fingerprint density at radius 2 is 0.818 bits per heavy atom. The van der Waals surface area contributed by atoms with E-state index in [9.17, 15) is 0 Å². The molecule has 0 saturated carbocycles. The molecule has 1 nitrogen and oxygen atoms in total. The first-order chi connectivity index (χ1) is 16.3. The maximum atomic E-state index is 3.82. The summed E-state index contributed by atoms with van der Waals surface area (Å²) in [5, 5.41) is 5.64. The van der Waals surface area contributed by atoms with Gasteiger partial charge in [0.05, 0.1) is 5.69 Å². The number of halogens is 1. The highest BCUT2D eigenvalue weighted by molar-refractivity contribution is 9.10. The molecule has 0 saturated heterocycles. The SMILES string of the molecule is Brc1ccccc1N1c2ccccc2[Si](c2ccccc2)(c2ccccc2)c2ccccc21. The highest BCUT2D eigenvalue weighted by Crippen LogP contribution is 2.41. The maximum absolute atomic E-state index is 3.82. The smallest absolute Gasteiger partial charge is 0.184 e.